The van der Waals surface area contributed by atoms with Crippen LogP contribution in [-0.4, -0.2) is 67.0 Å². The van der Waals surface area contributed by atoms with E-state index in [1.165, 1.54) is 5.56 Å². The summed E-state index contributed by atoms with van der Waals surface area (Å²) >= 11 is 1.62. The van der Waals surface area contributed by atoms with Gasteiger partial charge in [-0.1, -0.05) is 11.3 Å². The Morgan fingerprint density at radius 1 is 1.19 bits per heavy atom. The van der Waals surface area contributed by atoms with Crippen LogP contribution in [0, 0.1) is 0 Å². The summed E-state index contributed by atoms with van der Waals surface area (Å²) in [4.78, 5) is 22.2. The lowest BCUT2D eigenvalue weighted by Crippen LogP contribution is -2.53. The summed E-state index contributed by atoms with van der Waals surface area (Å²) in [7, 11) is 0. The number of fused-ring (bicyclic) bond motifs is 4. The summed E-state index contributed by atoms with van der Waals surface area (Å²) in [6, 6.07) is 4.84. The molecule has 1 saturated carbocycles. The molecule has 3 aliphatic heterocycles. The van der Waals surface area contributed by atoms with Crippen LogP contribution < -0.4 is 15.0 Å². The maximum atomic E-state index is 12.8. The number of anilines is 1. The summed E-state index contributed by atoms with van der Waals surface area (Å²) in [5, 5.41) is 4.02. The first-order valence-corrected chi connectivity index (χ1v) is 10.6. The molecule has 2 aromatic rings. The van der Waals surface area contributed by atoms with Crippen molar-refractivity contribution in [3.8, 4) is 5.75 Å². The lowest BCUT2D eigenvalue weighted by atomic mass is 10.1. The molecule has 1 N–H and O–H groups in total. The zero-order chi connectivity index (χ0) is 18.0. The quantitative estimate of drug-likeness (QED) is 0.855. The average Bonchev–Trinajstić information content (AvgIpc) is 3.43. The SMILES string of the molecule is O=C1N[C@H]2CC[C@H](N3CCOCC3)[C@H]2N1c1nc2c3c(ccc2s1)OCC3. The molecule has 0 spiro atoms. The van der Waals surface area contributed by atoms with Gasteiger partial charge in [-0.3, -0.25) is 9.80 Å². The third-order valence-corrected chi connectivity index (χ3v) is 7.37. The molecule has 3 atom stereocenters. The van der Waals surface area contributed by atoms with Crippen molar-refractivity contribution in [3.63, 3.8) is 0 Å². The molecule has 1 aromatic carbocycles. The molecule has 4 heterocycles. The highest BCUT2D eigenvalue weighted by atomic mass is 32.1. The number of ether oxygens (including phenoxy) is 2. The molecule has 8 heteroatoms. The fourth-order valence-electron chi connectivity index (χ4n) is 5.12. The fraction of sp³-hybridized carbons (Fsp3) is 0.579. The Kier molecular flexibility index (Phi) is 3.61. The first kappa shape index (κ1) is 16.1. The van der Waals surface area contributed by atoms with Gasteiger partial charge in [0.05, 0.1) is 42.1 Å². The molecule has 0 unspecified atom stereocenters. The van der Waals surface area contributed by atoms with Gasteiger partial charge in [-0.2, -0.15) is 0 Å². The average molecular weight is 386 g/mol. The Morgan fingerprint density at radius 3 is 2.96 bits per heavy atom. The van der Waals surface area contributed by atoms with Gasteiger partial charge in [0.25, 0.3) is 0 Å². The zero-order valence-electron chi connectivity index (χ0n) is 15.0. The van der Waals surface area contributed by atoms with Crippen molar-refractivity contribution in [2.24, 2.45) is 0 Å². The van der Waals surface area contributed by atoms with Gasteiger partial charge in [-0.05, 0) is 25.0 Å². The van der Waals surface area contributed by atoms with Gasteiger partial charge in [0, 0.05) is 31.1 Å². The largest absolute Gasteiger partial charge is 0.493 e. The molecule has 0 bridgehead atoms. The number of morpholine rings is 1. The number of amides is 2. The smallest absolute Gasteiger partial charge is 0.324 e. The minimum Gasteiger partial charge on any atom is -0.493 e. The predicted molar refractivity (Wildman–Crippen MR) is 103 cm³/mol. The second-order valence-electron chi connectivity index (χ2n) is 7.69. The number of carbonyl (C=O) groups is 1. The molecule has 2 saturated heterocycles. The van der Waals surface area contributed by atoms with Gasteiger partial charge >= 0.3 is 6.03 Å². The molecule has 7 nitrogen and oxygen atoms in total. The Bertz CT molecular complexity index is 910. The van der Waals surface area contributed by atoms with E-state index in [1.807, 2.05) is 11.0 Å². The van der Waals surface area contributed by atoms with E-state index in [1.54, 1.807) is 11.3 Å². The predicted octanol–water partition coefficient (Wildman–Crippen LogP) is 1.99. The number of nitrogens with one attached hydrogen (secondary N) is 1. The lowest BCUT2D eigenvalue weighted by Gasteiger charge is -2.37. The number of urea groups is 1. The number of benzene rings is 1. The lowest BCUT2D eigenvalue weighted by molar-refractivity contribution is 0.0150. The van der Waals surface area contributed by atoms with Crippen molar-refractivity contribution >= 4 is 32.7 Å². The molecule has 1 aliphatic carbocycles. The van der Waals surface area contributed by atoms with Crippen molar-refractivity contribution in [3.05, 3.63) is 17.7 Å². The van der Waals surface area contributed by atoms with Gasteiger partial charge in [-0.15, -0.1) is 0 Å². The van der Waals surface area contributed by atoms with E-state index < -0.39 is 0 Å². The van der Waals surface area contributed by atoms with E-state index in [2.05, 4.69) is 16.3 Å². The number of nitrogens with zero attached hydrogens (tertiary/aromatic N) is 3. The van der Waals surface area contributed by atoms with E-state index in [0.717, 1.165) is 73.3 Å². The molecular formula is C19H22N4O3S. The summed E-state index contributed by atoms with van der Waals surface area (Å²) in [6.07, 6.45) is 3.04. The van der Waals surface area contributed by atoms with Gasteiger partial charge < -0.3 is 14.8 Å². The van der Waals surface area contributed by atoms with E-state index in [4.69, 9.17) is 14.5 Å². The van der Waals surface area contributed by atoms with Crippen molar-refractivity contribution < 1.29 is 14.3 Å². The molecule has 142 valence electrons. The van der Waals surface area contributed by atoms with Crippen molar-refractivity contribution in [1.29, 1.82) is 0 Å². The van der Waals surface area contributed by atoms with Gasteiger partial charge in [0.2, 0.25) is 0 Å². The first-order chi connectivity index (χ1) is 13.3. The molecule has 27 heavy (non-hydrogen) atoms. The van der Waals surface area contributed by atoms with E-state index in [-0.39, 0.29) is 18.1 Å². The Morgan fingerprint density at radius 2 is 2.07 bits per heavy atom. The van der Waals surface area contributed by atoms with Crippen LogP contribution in [0.4, 0.5) is 9.93 Å². The van der Waals surface area contributed by atoms with Crippen LogP contribution in [0.1, 0.15) is 18.4 Å². The molecule has 3 fully saturated rings. The Balaban J connectivity index is 1.39. The van der Waals surface area contributed by atoms with Crippen molar-refractivity contribution in [2.75, 3.05) is 37.8 Å². The Labute approximate surface area is 161 Å². The highest BCUT2D eigenvalue weighted by Gasteiger charge is 2.51. The van der Waals surface area contributed by atoms with E-state index in [9.17, 15) is 4.79 Å². The summed E-state index contributed by atoms with van der Waals surface area (Å²) in [5.41, 5.74) is 2.18. The Hall–Kier alpha value is -1.90. The van der Waals surface area contributed by atoms with Crippen LogP contribution in [0.3, 0.4) is 0 Å². The number of thiazole rings is 1. The molecule has 4 aliphatic rings. The highest BCUT2D eigenvalue weighted by molar-refractivity contribution is 7.22. The molecular weight excluding hydrogens is 364 g/mol. The van der Waals surface area contributed by atoms with Crippen molar-refractivity contribution in [2.45, 2.75) is 37.4 Å². The van der Waals surface area contributed by atoms with Gasteiger partial charge in [-0.25, -0.2) is 9.78 Å². The van der Waals surface area contributed by atoms with E-state index in [0.29, 0.717) is 6.04 Å². The fourth-order valence-corrected chi connectivity index (χ4v) is 6.15. The summed E-state index contributed by atoms with van der Waals surface area (Å²) in [6.45, 7) is 4.17. The maximum absolute atomic E-state index is 12.8. The van der Waals surface area contributed by atoms with Crippen LogP contribution in [-0.2, 0) is 11.2 Å². The summed E-state index contributed by atoms with van der Waals surface area (Å²) in [5.74, 6) is 0.940. The molecule has 0 radical (unpaired) electrons. The standard InChI is InChI=1S/C19H22N4O3S/c24-18-20-12-1-2-13(22-6-9-25-10-7-22)17(12)23(18)19-21-16-11-5-8-26-14(11)3-4-15(16)27-19/h3-4,12-13,17H,1-2,5-10H2,(H,20,24)/t12-,13-,17-/m0/s1. The second-order valence-corrected chi connectivity index (χ2v) is 8.70. The maximum Gasteiger partial charge on any atom is 0.324 e. The van der Waals surface area contributed by atoms with Crippen LogP contribution in [0.2, 0.25) is 0 Å². The summed E-state index contributed by atoms with van der Waals surface area (Å²) < 4.78 is 12.3. The van der Waals surface area contributed by atoms with Crippen LogP contribution in [0.15, 0.2) is 12.1 Å². The minimum absolute atomic E-state index is 0.00471. The monoisotopic (exact) mass is 386 g/mol. The normalized spacial score (nSPS) is 30.4. The van der Waals surface area contributed by atoms with Crippen LogP contribution in [0.5, 0.6) is 5.75 Å². The number of carbonyl (C=O) groups excluding carboxylic acids is 1. The number of hydrogen-bond donors (Lipinski definition) is 1. The number of rotatable bonds is 2. The highest BCUT2D eigenvalue weighted by Crippen LogP contribution is 2.42. The van der Waals surface area contributed by atoms with Gasteiger partial charge in [0.1, 0.15) is 5.75 Å². The third kappa shape index (κ3) is 2.40. The van der Waals surface area contributed by atoms with E-state index >= 15 is 0 Å². The first-order valence-electron chi connectivity index (χ1n) is 9.76. The van der Waals surface area contributed by atoms with Crippen LogP contribution >= 0.6 is 11.3 Å². The zero-order valence-corrected chi connectivity index (χ0v) is 15.8. The minimum atomic E-state index is -0.00471. The topological polar surface area (TPSA) is 66.9 Å². The molecule has 2 amide bonds. The molecule has 1 aromatic heterocycles. The van der Waals surface area contributed by atoms with Gasteiger partial charge in [0.15, 0.2) is 5.13 Å². The number of aromatic nitrogens is 1. The molecule has 6 rings (SSSR count). The van der Waals surface area contributed by atoms with Crippen molar-refractivity contribution in [1.82, 2.24) is 15.2 Å². The third-order valence-electron chi connectivity index (χ3n) is 6.35. The van der Waals surface area contributed by atoms with Crippen LogP contribution in [0.25, 0.3) is 10.2 Å². The second kappa shape index (κ2) is 6.05. The number of hydrogen-bond acceptors (Lipinski definition) is 6.